The van der Waals surface area contributed by atoms with E-state index in [-0.39, 0.29) is 16.7 Å². The zero-order chi connectivity index (χ0) is 17.7. The molecule has 130 valence electrons. The Bertz CT molecular complexity index is 688. The summed E-state index contributed by atoms with van der Waals surface area (Å²) in [6, 6.07) is 12.0. The molecule has 0 radical (unpaired) electrons. The number of rotatable bonds is 7. The van der Waals surface area contributed by atoms with Crippen LogP contribution in [0.3, 0.4) is 0 Å². The fourth-order valence-electron chi connectivity index (χ4n) is 2.72. The van der Waals surface area contributed by atoms with Gasteiger partial charge in [-0.1, -0.05) is 39.8 Å². The number of methoxy groups -OCH3 is 2. The van der Waals surface area contributed by atoms with E-state index in [4.69, 9.17) is 9.47 Å². The maximum Gasteiger partial charge on any atom is 0.164 e. The molecule has 3 atom stereocenters. The minimum absolute atomic E-state index is 0.180. The summed E-state index contributed by atoms with van der Waals surface area (Å²) >= 11 is 4.59. The molecule has 3 nitrogen and oxygen atoms in total. The maximum absolute atomic E-state index is 10.6. The SMILES string of the molecule is CCC(Pc1ccccc1C(C)S)c1cc(OC)cc(OC)c1O. The minimum Gasteiger partial charge on any atom is -0.504 e. The summed E-state index contributed by atoms with van der Waals surface area (Å²) in [5.41, 5.74) is 2.31. The highest BCUT2D eigenvalue weighted by atomic mass is 32.1. The topological polar surface area (TPSA) is 38.7 Å². The third kappa shape index (κ3) is 4.17. The Balaban J connectivity index is 2.43. The van der Waals surface area contributed by atoms with Gasteiger partial charge >= 0.3 is 0 Å². The Labute approximate surface area is 151 Å². The van der Waals surface area contributed by atoms with Crippen molar-refractivity contribution in [3.05, 3.63) is 47.5 Å². The summed E-state index contributed by atoms with van der Waals surface area (Å²) in [7, 11) is 3.71. The van der Waals surface area contributed by atoms with E-state index >= 15 is 0 Å². The van der Waals surface area contributed by atoms with Crippen molar-refractivity contribution in [2.24, 2.45) is 0 Å². The number of aromatic hydroxyl groups is 1. The molecule has 24 heavy (non-hydrogen) atoms. The molecule has 0 saturated carbocycles. The lowest BCUT2D eigenvalue weighted by atomic mass is 10.1. The van der Waals surface area contributed by atoms with Gasteiger partial charge in [-0.15, -0.1) is 0 Å². The monoisotopic (exact) mass is 364 g/mol. The lowest BCUT2D eigenvalue weighted by Crippen LogP contribution is -2.07. The number of benzene rings is 2. The van der Waals surface area contributed by atoms with Crippen LogP contribution in [0.25, 0.3) is 0 Å². The van der Waals surface area contributed by atoms with Gasteiger partial charge < -0.3 is 14.6 Å². The van der Waals surface area contributed by atoms with Gasteiger partial charge in [0.1, 0.15) is 5.75 Å². The van der Waals surface area contributed by atoms with Gasteiger partial charge in [-0.2, -0.15) is 12.6 Å². The van der Waals surface area contributed by atoms with Crippen LogP contribution in [-0.2, 0) is 0 Å². The molecule has 0 aliphatic carbocycles. The summed E-state index contributed by atoms with van der Waals surface area (Å²) in [6.45, 7) is 4.22. The Morgan fingerprint density at radius 2 is 1.83 bits per heavy atom. The summed E-state index contributed by atoms with van der Waals surface area (Å²) in [6.07, 6.45) is 0.914. The molecule has 0 aliphatic rings. The van der Waals surface area contributed by atoms with Gasteiger partial charge in [0.05, 0.1) is 14.2 Å². The third-order valence-corrected chi connectivity index (χ3v) is 6.17. The van der Waals surface area contributed by atoms with Gasteiger partial charge in [0.25, 0.3) is 0 Å². The molecule has 2 aromatic rings. The van der Waals surface area contributed by atoms with Crippen LogP contribution in [0, 0.1) is 0 Å². The third-order valence-electron chi connectivity index (χ3n) is 4.06. The second-order valence-corrected chi connectivity index (χ2v) is 7.93. The molecule has 0 aromatic heterocycles. The Kier molecular flexibility index (Phi) is 6.82. The summed E-state index contributed by atoms with van der Waals surface area (Å²) in [4.78, 5) is 0. The van der Waals surface area contributed by atoms with Crippen molar-refractivity contribution in [2.45, 2.75) is 31.2 Å². The van der Waals surface area contributed by atoms with Gasteiger partial charge in [-0.05, 0) is 30.3 Å². The molecule has 0 aliphatic heterocycles. The Morgan fingerprint density at radius 1 is 1.12 bits per heavy atom. The second kappa shape index (κ2) is 8.64. The summed E-state index contributed by atoms with van der Waals surface area (Å²) < 4.78 is 10.7. The van der Waals surface area contributed by atoms with Crippen molar-refractivity contribution in [1.29, 1.82) is 0 Å². The standard InChI is InChI=1S/C19H25O3PS/c1-5-17(23-18-9-7-6-8-14(18)12(2)24)15-10-13(21-3)11-16(22-4)19(15)20/h6-12,17,20,23-24H,5H2,1-4H3. The molecule has 0 saturated heterocycles. The molecular formula is C19H25O3PS. The molecule has 1 N–H and O–H groups in total. The maximum atomic E-state index is 10.6. The predicted octanol–water partition coefficient (Wildman–Crippen LogP) is 4.86. The molecule has 2 rings (SSSR count). The fourth-order valence-corrected chi connectivity index (χ4v) is 4.68. The van der Waals surface area contributed by atoms with Crippen LogP contribution < -0.4 is 14.8 Å². The Hall–Kier alpha value is -1.38. The van der Waals surface area contributed by atoms with Crippen molar-refractivity contribution >= 4 is 26.5 Å². The molecule has 2 aromatic carbocycles. The van der Waals surface area contributed by atoms with Crippen LogP contribution in [0.4, 0.5) is 0 Å². The number of hydrogen-bond donors (Lipinski definition) is 2. The van der Waals surface area contributed by atoms with Crippen LogP contribution in [-0.4, -0.2) is 19.3 Å². The van der Waals surface area contributed by atoms with Gasteiger partial charge in [0, 0.05) is 22.5 Å². The first-order chi connectivity index (χ1) is 11.5. The molecule has 0 amide bonds. The van der Waals surface area contributed by atoms with E-state index in [0.29, 0.717) is 20.1 Å². The first-order valence-corrected chi connectivity index (χ1v) is 9.59. The predicted molar refractivity (Wildman–Crippen MR) is 106 cm³/mol. The van der Waals surface area contributed by atoms with Crippen molar-refractivity contribution < 1.29 is 14.6 Å². The van der Waals surface area contributed by atoms with Crippen molar-refractivity contribution in [3.63, 3.8) is 0 Å². The lowest BCUT2D eigenvalue weighted by Gasteiger charge is -2.21. The average Bonchev–Trinajstić information content (AvgIpc) is 2.60. The molecule has 0 bridgehead atoms. The van der Waals surface area contributed by atoms with E-state index in [2.05, 4.69) is 44.7 Å². The van der Waals surface area contributed by atoms with E-state index in [1.165, 1.54) is 10.9 Å². The largest absolute Gasteiger partial charge is 0.504 e. The highest BCUT2D eigenvalue weighted by molar-refractivity contribution is 7.80. The van der Waals surface area contributed by atoms with E-state index in [9.17, 15) is 5.11 Å². The van der Waals surface area contributed by atoms with E-state index in [0.717, 1.165) is 12.0 Å². The average molecular weight is 364 g/mol. The second-order valence-electron chi connectivity index (χ2n) is 5.64. The van der Waals surface area contributed by atoms with E-state index in [1.807, 2.05) is 12.1 Å². The van der Waals surface area contributed by atoms with Crippen molar-refractivity contribution in [2.75, 3.05) is 14.2 Å². The zero-order valence-corrected chi connectivity index (χ0v) is 16.4. The van der Waals surface area contributed by atoms with Crippen LogP contribution in [0.5, 0.6) is 17.2 Å². The number of hydrogen-bond acceptors (Lipinski definition) is 4. The van der Waals surface area contributed by atoms with E-state index < -0.39 is 0 Å². The number of thiol groups is 1. The molecule has 0 spiro atoms. The van der Waals surface area contributed by atoms with Gasteiger partial charge in [0.2, 0.25) is 0 Å². The molecule has 3 unspecified atom stereocenters. The zero-order valence-electron chi connectivity index (χ0n) is 14.5. The molecule has 0 heterocycles. The summed E-state index contributed by atoms with van der Waals surface area (Å²) in [5, 5.41) is 12.0. The molecular weight excluding hydrogens is 339 g/mol. The summed E-state index contributed by atoms with van der Waals surface area (Å²) in [5.74, 6) is 1.34. The van der Waals surface area contributed by atoms with Crippen molar-refractivity contribution in [1.82, 2.24) is 0 Å². The number of ether oxygens (including phenoxy) is 2. The number of phenols is 1. The molecule has 0 fully saturated rings. The minimum atomic E-state index is 0.180. The quantitative estimate of drug-likeness (QED) is 0.545. The van der Waals surface area contributed by atoms with Crippen LogP contribution in [0.1, 0.15) is 42.3 Å². The first kappa shape index (κ1) is 19.0. The number of phenolic OH excluding ortho intramolecular Hbond substituents is 1. The van der Waals surface area contributed by atoms with Crippen molar-refractivity contribution in [3.8, 4) is 17.2 Å². The van der Waals surface area contributed by atoms with Crippen LogP contribution in [0.2, 0.25) is 0 Å². The van der Waals surface area contributed by atoms with Crippen LogP contribution >= 0.6 is 21.2 Å². The van der Waals surface area contributed by atoms with Gasteiger partial charge in [0.15, 0.2) is 11.5 Å². The Morgan fingerprint density at radius 3 is 2.42 bits per heavy atom. The smallest absolute Gasteiger partial charge is 0.164 e. The highest BCUT2D eigenvalue weighted by Gasteiger charge is 2.20. The molecule has 5 heteroatoms. The highest BCUT2D eigenvalue weighted by Crippen LogP contribution is 2.46. The van der Waals surface area contributed by atoms with Gasteiger partial charge in [-0.25, -0.2) is 0 Å². The van der Waals surface area contributed by atoms with Crippen LogP contribution in [0.15, 0.2) is 36.4 Å². The van der Waals surface area contributed by atoms with E-state index in [1.54, 1.807) is 20.3 Å². The lowest BCUT2D eigenvalue weighted by molar-refractivity contribution is 0.361. The van der Waals surface area contributed by atoms with Gasteiger partial charge in [-0.3, -0.25) is 0 Å². The first-order valence-electron chi connectivity index (χ1n) is 8.00. The normalized spacial score (nSPS) is 13.9. The fraction of sp³-hybridized carbons (Fsp3) is 0.368.